The normalized spacial score (nSPS) is 23.1. The third-order valence-electron chi connectivity index (χ3n) is 5.46. The summed E-state index contributed by atoms with van der Waals surface area (Å²) in [6, 6.07) is 8.35. The van der Waals surface area contributed by atoms with Gasteiger partial charge in [-0.25, -0.2) is 0 Å². The molecule has 0 bridgehead atoms. The van der Waals surface area contributed by atoms with Crippen molar-refractivity contribution in [1.29, 1.82) is 0 Å². The summed E-state index contributed by atoms with van der Waals surface area (Å²) in [5.41, 5.74) is 7.84. The van der Waals surface area contributed by atoms with E-state index in [1.165, 1.54) is 5.57 Å². The predicted octanol–water partition coefficient (Wildman–Crippen LogP) is 6.65. The molecule has 1 aliphatic heterocycles. The van der Waals surface area contributed by atoms with E-state index in [-0.39, 0.29) is 12.7 Å². The molecule has 28 heavy (non-hydrogen) atoms. The molecule has 0 saturated carbocycles. The van der Waals surface area contributed by atoms with Crippen LogP contribution in [0.1, 0.15) is 51.2 Å². The van der Waals surface area contributed by atoms with Gasteiger partial charge in [0.2, 0.25) is 0 Å². The van der Waals surface area contributed by atoms with E-state index in [9.17, 15) is 4.39 Å². The average Bonchev–Trinajstić information content (AvgIpc) is 3.07. The van der Waals surface area contributed by atoms with Crippen molar-refractivity contribution in [1.82, 2.24) is 0 Å². The van der Waals surface area contributed by atoms with Crippen LogP contribution >= 0.6 is 0 Å². The van der Waals surface area contributed by atoms with Gasteiger partial charge >= 0.3 is 0 Å². The summed E-state index contributed by atoms with van der Waals surface area (Å²) in [7, 11) is 0. The van der Waals surface area contributed by atoms with E-state index < -0.39 is 0 Å². The van der Waals surface area contributed by atoms with E-state index in [1.54, 1.807) is 0 Å². The van der Waals surface area contributed by atoms with Crippen LogP contribution in [-0.4, -0.2) is 23.5 Å². The minimum Gasteiger partial charge on any atom is -0.251 e. The molecular formula is C25H30FN2+. The monoisotopic (exact) mass is 377 g/mol. The van der Waals surface area contributed by atoms with E-state index >= 15 is 0 Å². The molecule has 2 unspecified atom stereocenters. The molecule has 3 atom stereocenters. The standard InChI is InChI=1S/C25H30FN2/c1-4-10-20(2)17-22-18-27-28(19-22,21(3)15-16-26)25-14-7-5-6-11-23-12-8-9-13-24(23)25/h4-5,8-14,18-21H,7,15-17H2,1-3H3/q+1/b10-4+,25-14?/t6?,20?,21-,28?/m1/s1. The first-order valence-corrected chi connectivity index (χ1v) is 10.2. The molecule has 2 nitrogen and oxygen atoms in total. The van der Waals surface area contributed by atoms with Gasteiger partial charge in [-0.05, 0) is 62.5 Å². The average molecular weight is 378 g/mol. The highest BCUT2D eigenvalue weighted by atomic mass is 19.1. The van der Waals surface area contributed by atoms with Crippen molar-refractivity contribution < 1.29 is 8.98 Å². The quantitative estimate of drug-likeness (QED) is 0.286. The highest BCUT2D eigenvalue weighted by Gasteiger charge is 2.42. The smallest absolute Gasteiger partial charge is 0.168 e. The van der Waals surface area contributed by atoms with Crippen LogP contribution in [0.3, 0.4) is 0 Å². The van der Waals surface area contributed by atoms with E-state index in [1.807, 2.05) is 24.4 Å². The topological polar surface area (TPSA) is 12.4 Å². The largest absolute Gasteiger partial charge is 0.251 e. The maximum absolute atomic E-state index is 13.3. The minimum atomic E-state index is -0.344. The number of rotatable bonds is 7. The fourth-order valence-electron chi connectivity index (χ4n) is 4.02. The van der Waals surface area contributed by atoms with Gasteiger partial charge < -0.3 is 0 Å². The van der Waals surface area contributed by atoms with Crippen molar-refractivity contribution in [2.75, 3.05) is 6.67 Å². The summed E-state index contributed by atoms with van der Waals surface area (Å²) in [5.74, 6) is 0.448. The fraction of sp³-hybridized carbons (Fsp3) is 0.360. The van der Waals surface area contributed by atoms with Crippen LogP contribution in [0.2, 0.25) is 0 Å². The molecule has 3 heteroatoms. The Kier molecular flexibility index (Phi) is 6.61. The van der Waals surface area contributed by atoms with Gasteiger partial charge in [-0.2, -0.15) is 0 Å². The van der Waals surface area contributed by atoms with Gasteiger partial charge in [0.15, 0.2) is 5.70 Å². The van der Waals surface area contributed by atoms with Gasteiger partial charge in [0.25, 0.3) is 0 Å². The predicted molar refractivity (Wildman–Crippen MR) is 117 cm³/mol. The highest BCUT2D eigenvalue weighted by Crippen LogP contribution is 2.40. The van der Waals surface area contributed by atoms with Gasteiger partial charge in [-0.3, -0.25) is 4.39 Å². The van der Waals surface area contributed by atoms with Crippen LogP contribution in [0.5, 0.6) is 0 Å². The molecular weight excluding hydrogens is 347 g/mol. The molecule has 0 fully saturated rings. The van der Waals surface area contributed by atoms with Crippen molar-refractivity contribution >= 4 is 18.0 Å². The number of benzene rings is 1. The molecule has 1 aliphatic carbocycles. The first-order chi connectivity index (χ1) is 13.6. The summed E-state index contributed by atoms with van der Waals surface area (Å²) in [4.78, 5) is 0. The van der Waals surface area contributed by atoms with Gasteiger partial charge in [0, 0.05) is 17.6 Å². The van der Waals surface area contributed by atoms with Crippen molar-refractivity contribution in [2.45, 2.75) is 46.1 Å². The number of quaternary nitrogens is 1. The third kappa shape index (κ3) is 4.16. The van der Waals surface area contributed by atoms with Crippen molar-refractivity contribution in [3.8, 4) is 0 Å². The lowest BCUT2D eigenvalue weighted by atomic mass is 9.98. The van der Waals surface area contributed by atoms with Gasteiger partial charge in [-0.15, -0.1) is 10.3 Å². The summed E-state index contributed by atoms with van der Waals surface area (Å²) in [6.45, 7) is 6.02. The number of hydrogen-bond acceptors (Lipinski definition) is 1. The lowest BCUT2D eigenvalue weighted by molar-refractivity contribution is -0.837. The van der Waals surface area contributed by atoms with Crippen LogP contribution in [-0.2, 0) is 0 Å². The molecule has 1 aromatic carbocycles. The molecule has 0 aromatic heterocycles. The fourth-order valence-corrected chi connectivity index (χ4v) is 4.02. The third-order valence-corrected chi connectivity index (χ3v) is 5.46. The molecule has 2 aliphatic rings. The Morgan fingerprint density at radius 1 is 1.29 bits per heavy atom. The Morgan fingerprint density at radius 2 is 2.11 bits per heavy atom. The number of fused-ring (bicyclic) bond motifs is 1. The van der Waals surface area contributed by atoms with Crippen molar-refractivity contribution in [2.24, 2.45) is 11.0 Å². The second-order valence-electron chi connectivity index (χ2n) is 7.65. The van der Waals surface area contributed by atoms with Gasteiger partial charge in [-0.1, -0.05) is 42.4 Å². The molecule has 1 heterocycles. The lowest BCUT2D eigenvalue weighted by Crippen LogP contribution is -2.42. The Morgan fingerprint density at radius 3 is 2.89 bits per heavy atom. The molecule has 0 radical (unpaired) electrons. The number of nitrogens with zero attached hydrogens (tertiary/aromatic N) is 2. The van der Waals surface area contributed by atoms with Crippen LogP contribution in [0.25, 0.3) is 11.8 Å². The number of hydrogen-bond donors (Lipinski definition) is 0. The van der Waals surface area contributed by atoms with Gasteiger partial charge in [0.1, 0.15) is 12.2 Å². The molecule has 1 aromatic rings. The Labute approximate surface area is 168 Å². The van der Waals surface area contributed by atoms with E-state index in [0.29, 0.717) is 16.9 Å². The van der Waals surface area contributed by atoms with Gasteiger partial charge in [0.05, 0.1) is 12.9 Å². The summed E-state index contributed by atoms with van der Waals surface area (Å²) >= 11 is 0. The summed E-state index contributed by atoms with van der Waals surface area (Å²) < 4.78 is 13.7. The highest BCUT2D eigenvalue weighted by molar-refractivity contribution is 5.81. The zero-order valence-corrected chi connectivity index (χ0v) is 17.1. The van der Waals surface area contributed by atoms with E-state index in [4.69, 9.17) is 5.10 Å². The van der Waals surface area contributed by atoms with Crippen LogP contribution in [0.15, 0.2) is 71.2 Å². The van der Waals surface area contributed by atoms with Crippen molar-refractivity contribution in [3.05, 3.63) is 77.2 Å². The number of allylic oxidation sites excluding steroid dienone is 5. The first kappa shape index (κ1) is 20.3. The Bertz CT molecular complexity index is 884. The van der Waals surface area contributed by atoms with E-state index in [2.05, 4.69) is 69.1 Å². The summed E-state index contributed by atoms with van der Waals surface area (Å²) in [5, 5.41) is 4.99. The maximum atomic E-state index is 13.3. The first-order valence-electron chi connectivity index (χ1n) is 10.2. The zero-order chi connectivity index (χ0) is 20.0. The molecule has 0 N–H and O–H groups in total. The second-order valence-corrected chi connectivity index (χ2v) is 7.65. The van der Waals surface area contributed by atoms with Crippen LogP contribution < -0.4 is 0 Å². The Hall–Kier alpha value is -2.48. The van der Waals surface area contributed by atoms with Crippen LogP contribution in [0.4, 0.5) is 4.39 Å². The molecule has 3 rings (SSSR count). The zero-order valence-electron chi connectivity index (χ0n) is 17.1. The number of alkyl halides is 1. The molecule has 0 saturated heterocycles. The number of halogens is 1. The van der Waals surface area contributed by atoms with Crippen molar-refractivity contribution in [3.63, 3.8) is 0 Å². The lowest BCUT2D eigenvalue weighted by Gasteiger charge is -2.34. The molecule has 0 spiro atoms. The van der Waals surface area contributed by atoms with E-state index in [0.717, 1.165) is 29.7 Å². The molecule has 146 valence electrons. The SMILES string of the molecule is C/C=C/C(C)CC1=C[N+](C2=CCC=C=Cc3ccccc32)([C@H](C)CCF)N=C1. The summed E-state index contributed by atoms with van der Waals surface area (Å²) in [6.07, 6.45) is 17.0. The second kappa shape index (κ2) is 9.14. The Balaban J connectivity index is 2.09. The minimum absolute atomic E-state index is 0.0162. The maximum Gasteiger partial charge on any atom is 0.168 e. The molecule has 0 amide bonds. The van der Waals surface area contributed by atoms with Crippen LogP contribution in [0, 0.1) is 5.92 Å².